The van der Waals surface area contributed by atoms with Gasteiger partial charge >= 0.3 is 0 Å². The number of carbonyl (C=O) groups excluding carboxylic acids is 1. The van der Waals surface area contributed by atoms with E-state index in [2.05, 4.69) is 0 Å². The molecule has 1 aromatic carbocycles. The highest BCUT2D eigenvalue weighted by atomic mass is 16.6. The van der Waals surface area contributed by atoms with Crippen molar-refractivity contribution in [3.05, 3.63) is 39.4 Å². The van der Waals surface area contributed by atoms with Crippen LogP contribution in [0.25, 0.3) is 0 Å². The molecule has 0 unspecified atom stereocenters. The molecule has 1 aromatic rings. The van der Waals surface area contributed by atoms with Crippen LogP contribution < -0.4 is 5.73 Å². The van der Waals surface area contributed by atoms with Crippen molar-refractivity contribution in [2.24, 2.45) is 5.73 Å². The van der Waals surface area contributed by atoms with Crippen molar-refractivity contribution in [3.63, 3.8) is 0 Å². The topological polar surface area (TPSA) is 89.5 Å². The highest BCUT2D eigenvalue weighted by molar-refractivity contribution is 5.96. The maximum absolute atomic E-state index is 12.1. The molecule has 98 valence electrons. The first-order chi connectivity index (χ1) is 8.47. The first-order valence-corrected chi connectivity index (χ1v) is 5.68. The Morgan fingerprint density at radius 2 is 2.17 bits per heavy atom. The van der Waals surface area contributed by atoms with Crippen molar-refractivity contribution in [2.45, 2.75) is 13.3 Å². The number of hydrogen-bond donors (Lipinski definition) is 1. The number of nitro groups is 1. The lowest BCUT2D eigenvalue weighted by Gasteiger charge is -2.17. The summed E-state index contributed by atoms with van der Waals surface area (Å²) in [5, 5.41) is 10.7. The molecule has 0 aromatic heterocycles. The summed E-state index contributed by atoms with van der Waals surface area (Å²) < 4.78 is 0. The summed E-state index contributed by atoms with van der Waals surface area (Å²) in [6.07, 6.45) is 0.705. The van der Waals surface area contributed by atoms with E-state index in [9.17, 15) is 14.9 Å². The monoisotopic (exact) mass is 251 g/mol. The van der Waals surface area contributed by atoms with Crippen molar-refractivity contribution < 1.29 is 9.72 Å². The number of non-ortho nitro benzene ring substituents is 1. The molecule has 0 saturated carbocycles. The van der Waals surface area contributed by atoms with E-state index in [1.54, 1.807) is 20.0 Å². The lowest BCUT2D eigenvalue weighted by molar-refractivity contribution is -0.384. The maximum atomic E-state index is 12.1. The van der Waals surface area contributed by atoms with Crippen LogP contribution in [0.5, 0.6) is 0 Å². The van der Waals surface area contributed by atoms with Crippen LogP contribution >= 0.6 is 0 Å². The standard InChI is InChI=1S/C12H17N3O3/c1-9-4-5-10(15(17)18)8-11(9)12(16)14(2)7-3-6-13/h4-5,8H,3,6-7,13H2,1-2H3. The van der Waals surface area contributed by atoms with Gasteiger partial charge in [-0.3, -0.25) is 14.9 Å². The molecule has 1 amide bonds. The number of nitrogens with zero attached hydrogens (tertiary/aromatic N) is 2. The second-order valence-electron chi connectivity index (χ2n) is 4.13. The number of carbonyl (C=O) groups is 1. The zero-order valence-corrected chi connectivity index (χ0v) is 10.5. The molecule has 0 spiro atoms. The third-order valence-electron chi connectivity index (χ3n) is 2.71. The first-order valence-electron chi connectivity index (χ1n) is 5.68. The molecule has 6 nitrogen and oxygen atoms in total. The van der Waals surface area contributed by atoms with E-state index in [1.165, 1.54) is 17.0 Å². The average Bonchev–Trinajstić information content (AvgIpc) is 2.35. The molecule has 0 fully saturated rings. The molecular formula is C12H17N3O3. The van der Waals surface area contributed by atoms with Crippen LogP contribution in [0.2, 0.25) is 0 Å². The van der Waals surface area contributed by atoms with Crippen LogP contribution in [0.4, 0.5) is 5.69 Å². The lowest BCUT2D eigenvalue weighted by Crippen LogP contribution is -2.29. The van der Waals surface area contributed by atoms with Gasteiger partial charge in [0.15, 0.2) is 0 Å². The molecule has 0 bridgehead atoms. The summed E-state index contributed by atoms with van der Waals surface area (Å²) >= 11 is 0. The van der Waals surface area contributed by atoms with E-state index >= 15 is 0 Å². The minimum atomic E-state index is -0.504. The highest BCUT2D eigenvalue weighted by Gasteiger charge is 2.17. The molecule has 1 rings (SSSR count). The van der Waals surface area contributed by atoms with Gasteiger partial charge in [-0.25, -0.2) is 0 Å². The maximum Gasteiger partial charge on any atom is 0.270 e. The van der Waals surface area contributed by atoms with Crippen molar-refractivity contribution >= 4 is 11.6 Å². The normalized spacial score (nSPS) is 10.2. The highest BCUT2D eigenvalue weighted by Crippen LogP contribution is 2.18. The van der Waals surface area contributed by atoms with Crippen LogP contribution in [0.3, 0.4) is 0 Å². The third kappa shape index (κ3) is 3.27. The first kappa shape index (κ1) is 14.1. The zero-order chi connectivity index (χ0) is 13.7. The van der Waals surface area contributed by atoms with Gasteiger partial charge in [-0.2, -0.15) is 0 Å². The predicted octanol–water partition coefficient (Wildman–Crippen LogP) is 1.32. The predicted molar refractivity (Wildman–Crippen MR) is 68.5 cm³/mol. The average molecular weight is 251 g/mol. The van der Waals surface area contributed by atoms with Crippen LogP contribution in [-0.4, -0.2) is 35.9 Å². The minimum absolute atomic E-state index is 0.0730. The van der Waals surface area contributed by atoms with Gasteiger partial charge in [-0.15, -0.1) is 0 Å². The zero-order valence-electron chi connectivity index (χ0n) is 10.5. The molecule has 0 heterocycles. The van der Waals surface area contributed by atoms with Crippen molar-refractivity contribution in [1.29, 1.82) is 0 Å². The Morgan fingerprint density at radius 3 is 2.72 bits per heavy atom. The van der Waals surface area contributed by atoms with Crippen molar-refractivity contribution in [1.82, 2.24) is 4.90 Å². The summed E-state index contributed by atoms with van der Waals surface area (Å²) in [5.74, 6) is -0.218. The summed E-state index contributed by atoms with van der Waals surface area (Å²) in [6.45, 7) is 2.80. The number of nitro benzene ring substituents is 1. The minimum Gasteiger partial charge on any atom is -0.342 e. The second-order valence-corrected chi connectivity index (χ2v) is 4.13. The summed E-state index contributed by atoms with van der Waals surface area (Å²) in [7, 11) is 1.66. The number of rotatable bonds is 5. The molecule has 18 heavy (non-hydrogen) atoms. The van der Waals surface area contributed by atoms with E-state index in [0.29, 0.717) is 25.1 Å². The fourth-order valence-corrected chi connectivity index (χ4v) is 1.59. The number of benzene rings is 1. The number of hydrogen-bond acceptors (Lipinski definition) is 4. The molecule has 0 atom stereocenters. The van der Waals surface area contributed by atoms with E-state index in [0.717, 1.165) is 5.56 Å². The third-order valence-corrected chi connectivity index (χ3v) is 2.71. The van der Waals surface area contributed by atoms with E-state index in [4.69, 9.17) is 5.73 Å². The van der Waals surface area contributed by atoms with Gasteiger partial charge < -0.3 is 10.6 Å². The second kappa shape index (κ2) is 6.11. The van der Waals surface area contributed by atoms with Crippen LogP contribution in [-0.2, 0) is 0 Å². The fraction of sp³-hybridized carbons (Fsp3) is 0.417. The Morgan fingerprint density at radius 1 is 1.50 bits per heavy atom. The molecule has 0 radical (unpaired) electrons. The Kier molecular flexibility index (Phi) is 4.79. The van der Waals surface area contributed by atoms with Gasteiger partial charge in [0, 0.05) is 31.3 Å². The van der Waals surface area contributed by atoms with Gasteiger partial charge in [-0.1, -0.05) is 6.07 Å². The number of amides is 1. The van der Waals surface area contributed by atoms with Gasteiger partial charge in [0.05, 0.1) is 4.92 Å². The van der Waals surface area contributed by atoms with Crippen molar-refractivity contribution in [2.75, 3.05) is 20.1 Å². The van der Waals surface area contributed by atoms with E-state index in [1.807, 2.05) is 0 Å². The van der Waals surface area contributed by atoms with Gasteiger partial charge in [0.2, 0.25) is 0 Å². The van der Waals surface area contributed by atoms with Gasteiger partial charge in [0.1, 0.15) is 0 Å². The Hall–Kier alpha value is -1.95. The fourth-order valence-electron chi connectivity index (χ4n) is 1.59. The molecule has 0 saturated heterocycles. The lowest BCUT2D eigenvalue weighted by atomic mass is 10.1. The summed E-state index contributed by atoms with van der Waals surface area (Å²) in [6, 6.07) is 4.30. The molecule has 2 N–H and O–H groups in total. The summed E-state index contributed by atoms with van der Waals surface area (Å²) in [4.78, 5) is 23.8. The largest absolute Gasteiger partial charge is 0.342 e. The Labute approximate surface area is 106 Å². The van der Waals surface area contributed by atoms with Crippen molar-refractivity contribution in [3.8, 4) is 0 Å². The number of aryl methyl sites for hydroxylation is 1. The van der Waals surface area contributed by atoms with Crippen LogP contribution in [0, 0.1) is 17.0 Å². The molecular weight excluding hydrogens is 234 g/mol. The van der Waals surface area contributed by atoms with E-state index < -0.39 is 4.92 Å². The van der Waals surface area contributed by atoms with Gasteiger partial charge in [-0.05, 0) is 25.5 Å². The molecule has 6 heteroatoms. The molecule has 0 aliphatic heterocycles. The quantitative estimate of drug-likeness (QED) is 0.631. The van der Waals surface area contributed by atoms with Crippen LogP contribution in [0.15, 0.2) is 18.2 Å². The molecule has 0 aliphatic rings. The van der Waals surface area contributed by atoms with Gasteiger partial charge in [0.25, 0.3) is 11.6 Å². The smallest absolute Gasteiger partial charge is 0.270 e. The Balaban J connectivity index is 2.97. The summed E-state index contributed by atoms with van der Waals surface area (Å²) in [5.41, 5.74) is 6.40. The van der Waals surface area contributed by atoms with Crippen LogP contribution in [0.1, 0.15) is 22.3 Å². The Bertz CT molecular complexity index is 460. The molecule has 0 aliphatic carbocycles. The van der Waals surface area contributed by atoms with E-state index in [-0.39, 0.29) is 11.6 Å². The number of nitrogens with two attached hydrogens (primary N) is 1. The SMILES string of the molecule is Cc1ccc([N+](=O)[O-])cc1C(=O)N(C)CCCN.